The Bertz CT molecular complexity index is 1430. The van der Waals surface area contributed by atoms with Crippen LogP contribution in [0.1, 0.15) is 87.4 Å². The van der Waals surface area contributed by atoms with Crippen molar-refractivity contribution in [2.75, 3.05) is 13.2 Å². The zero-order valence-electron chi connectivity index (χ0n) is 23.5. The molecule has 5 rings (SSSR count). The third kappa shape index (κ3) is 6.86. The van der Waals surface area contributed by atoms with Gasteiger partial charge in [0.05, 0.1) is 6.04 Å². The largest absolute Gasteiger partial charge is 0.381 e. The number of aromatic nitrogens is 1. The van der Waals surface area contributed by atoms with Crippen LogP contribution < -0.4 is 16.3 Å². The molecule has 1 fully saturated rings. The second-order valence-corrected chi connectivity index (χ2v) is 11.2. The van der Waals surface area contributed by atoms with Crippen molar-refractivity contribution in [2.45, 2.75) is 77.2 Å². The Hall–Kier alpha value is -3.24. The summed E-state index contributed by atoms with van der Waals surface area (Å²) in [4.78, 5) is 18.6. The molecule has 0 bridgehead atoms. The molecule has 0 aliphatic carbocycles. The van der Waals surface area contributed by atoms with E-state index in [1.807, 2.05) is 16.7 Å². The van der Waals surface area contributed by atoms with E-state index >= 15 is 0 Å². The van der Waals surface area contributed by atoms with Gasteiger partial charge in [0.2, 0.25) is 0 Å². The summed E-state index contributed by atoms with van der Waals surface area (Å²) < 4.78 is 7.61. The summed E-state index contributed by atoms with van der Waals surface area (Å²) in [5, 5.41) is 1.04. The van der Waals surface area contributed by atoms with Gasteiger partial charge in [-0.3, -0.25) is 9.36 Å². The van der Waals surface area contributed by atoms with E-state index in [2.05, 4.69) is 74.5 Å². The van der Waals surface area contributed by atoms with Crippen LogP contribution in [-0.4, -0.2) is 17.8 Å². The molecule has 0 saturated carbocycles. The lowest BCUT2D eigenvalue weighted by Gasteiger charge is -2.24. The van der Waals surface area contributed by atoms with Gasteiger partial charge in [0, 0.05) is 30.2 Å². The molecule has 4 nitrogen and oxygen atoms in total. The van der Waals surface area contributed by atoms with Gasteiger partial charge in [0.15, 0.2) is 0 Å². The molecule has 2 aliphatic rings. The molecule has 3 aromatic rings. The maximum atomic E-state index is 13.4. The van der Waals surface area contributed by atoms with Crippen LogP contribution in [0, 0.1) is 5.92 Å². The molecule has 2 aliphatic heterocycles. The highest BCUT2D eigenvalue weighted by Crippen LogP contribution is 2.28. The first kappa shape index (κ1) is 27.3. The lowest BCUT2D eigenvalue weighted by Crippen LogP contribution is -2.45. The summed E-state index contributed by atoms with van der Waals surface area (Å²) in [5.41, 5.74) is 5.81. The first-order valence-corrected chi connectivity index (χ1v) is 14.8. The Morgan fingerprint density at radius 2 is 1.77 bits per heavy atom. The van der Waals surface area contributed by atoms with E-state index in [-0.39, 0.29) is 11.6 Å². The highest BCUT2D eigenvalue weighted by atomic mass is 16.5. The predicted octanol–water partition coefficient (Wildman–Crippen LogP) is 6.48. The zero-order chi connectivity index (χ0) is 27.0. The van der Waals surface area contributed by atoms with E-state index in [1.165, 1.54) is 23.1 Å². The zero-order valence-corrected chi connectivity index (χ0v) is 23.5. The van der Waals surface area contributed by atoms with Gasteiger partial charge in [-0.25, -0.2) is 4.99 Å². The normalized spacial score (nSPS) is 18.9. The summed E-state index contributed by atoms with van der Waals surface area (Å²) in [6.45, 7) is 6.25. The van der Waals surface area contributed by atoms with E-state index in [9.17, 15) is 4.79 Å². The minimum Gasteiger partial charge on any atom is -0.381 e. The summed E-state index contributed by atoms with van der Waals surface area (Å²) in [6.07, 6.45) is 12.5. The molecule has 3 atom stereocenters. The van der Waals surface area contributed by atoms with Gasteiger partial charge in [0.25, 0.3) is 5.56 Å². The summed E-state index contributed by atoms with van der Waals surface area (Å²) in [7, 11) is 0. The van der Waals surface area contributed by atoms with Gasteiger partial charge in [-0.1, -0.05) is 87.0 Å². The molecule has 0 amide bonds. The van der Waals surface area contributed by atoms with Crippen molar-refractivity contribution in [3.63, 3.8) is 0 Å². The van der Waals surface area contributed by atoms with Crippen LogP contribution in [0.15, 0.2) is 88.3 Å². The molecule has 4 heteroatoms. The Labute approximate surface area is 232 Å². The van der Waals surface area contributed by atoms with Crippen molar-refractivity contribution in [3.05, 3.63) is 116 Å². The second-order valence-electron chi connectivity index (χ2n) is 11.2. The monoisotopic (exact) mass is 522 g/mol. The van der Waals surface area contributed by atoms with Crippen LogP contribution in [0.3, 0.4) is 0 Å². The van der Waals surface area contributed by atoms with Crippen LogP contribution in [0.2, 0.25) is 0 Å². The highest BCUT2D eigenvalue weighted by Gasteiger charge is 2.20. The summed E-state index contributed by atoms with van der Waals surface area (Å²) in [5.74, 6) is 1.11. The van der Waals surface area contributed by atoms with E-state index in [0.717, 1.165) is 74.6 Å². The number of fused-ring (bicyclic) bond motifs is 1. The predicted molar refractivity (Wildman–Crippen MR) is 159 cm³/mol. The first-order chi connectivity index (χ1) is 19.1. The Morgan fingerprint density at radius 3 is 2.56 bits per heavy atom. The van der Waals surface area contributed by atoms with Crippen molar-refractivity contribution >= 4 is 6.08 Å². The minimum absolute atomic E-state index is 0.0174. The fourth-order valence-electron chi connectivity index (χ4n) is 5.88. The molecule has 0 spiro atoms. The van der Waals surface area contributed by atoms with Crippen LogP contribution >= 0.6 is 0 Å². The van der Waals surface area contributed by atoms with Crippen LogP contribution in [0.5, 0.6) is 0 Å². The third-order valence-electron chi connectivity index (χ3n) is 8.46. The number of nitrogens with zero attached hydrogens (tertiary/aromatic N) is 2. The lowest BCUT2D eigenvalue weighted by molar-refractivity contribution is 0.143. The summed E-state index contributed by atoms with van der Waals surface area (Å²) in [6, 6.07) is 23.2. The Morgan fingerprint density at radius 1 is 0.949 bits per heavy atom. The summed E-state index contributed by atoms with van der Waals surface area (Å²) >= 11 is 0. The SMILES string of the molecule is CCC(C)CC(c1ccccc1)n1c(=O)ccc2c1=NC(CCc1ccc(C3CCCOCC3)cc1)=CCC=2. The maximum absolute atomic E-state index is 13.4. The molecule has 3 unspecified atom stereocenters. The molecule has 2 aromatic carbocycles. The second kappa shape index (κ2) is 13.2. The lowest BCUT2D eigenvalue weighted by atomic mass is 9.91. The van der Waals surface area contributed by atoms with Gasteiger partial charge in [0.1, 0.15) is 5.49 Å². The van der Waals surface area contributed by atoms with Crippen molar-refractivity contribution < 1.29 is 4.74 Å². The van der Waals surface area contributed by atoms with Gasteiger partial charge in [-0.15, -0.1) is 0 Å². The minimum atomic E-state index is -0.0398. The average Bonchev–Trinajstić information content (AvgIpc) is 3.37. The van der Waals surface area contributed by atoms with E-state index in [1.54, 1.807) is 6.07 Å². The average molecular weight is 523 g/mol. The number of ether oxygens (including phenoxy) is 1. The van der Waals surface area contributed by atoms with Gasteiger partial charge < -0.3 is 4.74 Å². The number of allylic oxidation sites excluding steroid dienone is 2. The fourth-order valence-corrected chi connectivity index (χ4v) is 5.88. The van der Waals surface area contributed by atoms with E-state index < -0.39 is 0 Å². The van der Waals surface area contributed by atoms with Gasteiger partial charge in [-0.05, 0) is 79.5 Å². The van der Waals surface area contributed by atoms with E-state index in [0.29, 0.717) is 11.8 Å². The number of pyridine rings is 1. The van der Waals surface area contributed by atoms with Gasteiger partial charge >= 0.3 is 0 Å². The molecule has 0 N–H and O–H groups in total. The van der Waals surface area contributed by atoms with E-state index in [4.69, 9.17) is 9.73 Å². The number of hydrogen-bond acceptors (Lipinski definition) is 3. The van der Waals surface area contributed by atoms with Crippen LogP contribution in [0.25, 0.3) is 6.08 Å². The molecular formula is C35H42N2O2. The standard InChI is InChI=1S/C35H42N2O2/c1-3-26(2)25-33(30-9-5-4-6-10-30)37-34(38)21-19-31-11-7-13-32(36-35(31)37)20-16-27-14-17-29(18-15-27)28-12-8-23-39-24-22-28/h4-6,9-11,13-15,17-19,21,26,28,33H,3,7-8,12,16,20,22-25H2,1-2H3. The Balaban J connectivity index is 1.41. The number of benzene rings is 2. The maximum Gasteiger partial charge on any atom is 0.252 e. The molecule has 39 heavy (non-hydrogen) atoms. The Kier molecular flexibility index (Phi) is 9.26. The molecule has 1 aromatic heterocycles. The number of rotatable bonds is 9. The van der Waals surface area contributed by atoms with Gasteiger partial charge in [-0.2, -0.15) is 0 Å². The van der Waals surface area contributed by atoms with Crippen LogP contribution in [0.4, 0.5) is 0 Å². The smallest absolute Gasteiger partial charge is 0.252 e. The first-order valence-electron chi connectivity index (χ1n) is 14.8. The highest BCUT2D eigenvalue weighted by molar-refractivity contribution is 5.31. The van der Waals surface area contributed by atoms with Crippen molar-refractivity contribution in [2.24, 2.45) is 10.9 Å². The van der Waals surface area contributed by atoms with Crippen molar-refractivity contribution in [1.29, 1.82) is 0 Å². The molecule has 1 saturated heterocycles. The molecule has 3 heterocycles. The third-order valence-corrected chi connectivity index (χ3v) is 8.46. The van der Waals surface area contributed by atoms with Crippen molar-refractivity contribution in [1.82, 2.24) is 4.57 Å². The quantitative estimate of drug-likeness (QED) is 0.323. The fraction of sp³-hybridized carbons (Fsp3) is 0.429. The van der Waals surface area contributed by atoms with Crippen LogP contribution in [-0.2, 0) is 11.2 Å². The molecule has 0 radical (unpaired) electrons. The molecule has 204 valence electrons. The topological polar surface area (TPSA) is 43.6 Å². The number of aryl methyl sites for hydroxylation is 1. The molecular weight excluding hydrogens is 480 g/mol. The van der Waals surface area contributed by atoms with Crippen molar-refractivity contribution in [3.8, 4) is 0 Å². The number of hydrogen-bond donors (Lipinski definition) is 0.